The Morgan fingerprint density at radius 3 is 2.23 bits per heavy atom. The van der Waals surface area contributed by atoms with Crippen molar-refractivity contribution in [2.45, 2.75) is 45.7 Å². The Bertz CT molecular complexity index is 508. The highest BCUT2D eigenvalue weighted by Crippen LogP contribution is 2.14. The van der Waals surface area contributed by atoms with Gasteiger partial charge in [-0.1, -0.05) is 6.85 Å². The number of amides is 1. The fourth-order valence-corrected chi connectivity index (χ4v) is 2.18. The van der Waals surface area contributed by atoms with Crippen LogP contribution in [0.25, 0.3) is 0 Å². The van der Waals surface area contributed by atoms with Gasteiger partial charge in [0.25, 0.3) is 0 Å². The lowest BCUT2D eigenvalue weighted by molar-refractivity contribution is -0.152. The van der Waals surface area contributed by atoms with Crippen LogP contribution in [0, 0.1) is 0 Å². The van der Waals surface area contributed by atoms with Crippen LogP contribution in [0.5, 0.6) is 0 Å². The van der Waals surface area contributed by atoms with E-state index in [1.165, 1.54) is 4.90 Å². The lowest BCUT2D eigenvalue weighted by atomic mass is 10.1. The van der Waals surface area contributed by atoms with E-state index in [0.717, 1.165) is 7.11 Å². The van der Waals surface area contributed by atoms with Crippen molar-refractivity contribution in [2.24, 2.45) is 0 Å². The van der Waals surface area contributed by atoms with Gasteiger partial charge in [0.2, 0.25) is 0 Å². The van der Waals surface area contributed by atoms with Crippen molar-refractivity contribution >= 4 is 17.8 Å². The maximum absolute atomic E-state index is 12.3. The molecular weight excluding hydrogens is 288 g/mol. The summed E-state index contributed by atoms with van der Waals surface area (Å²) in [4.78, 5) is 39.3. The number of nitrogens with zero attached hydrogens (tertiary/aromatic N) is 2. The van der Waals surface area contributed by atoms with Gasteiger partial charge in [-0.15, -0.1) is 0 Å². The van der Waals surface area contributed by atoms with Gasteiger partial charge in [0, 0.05) is 36.7 Å². The SMILES string of the molecule is [2H]C([2H])([2H])CC(=O)C(C(=O)OC)N1CCN(C(=O)OC(C)(C)C)CC1. The van der Waals surface area contributed by atoms with Crippen molar-refractivity contribution in [1.82, 2.24) is 9.80 Å². The molecule has 1 fully saturated rings. The highest BCUT2D eigenvalue weighted by molar-refractivity contribution is 6.03. The molecule has 1 heterocycles. The summed E-state index contributed by atoms with van der Waals surface area (Å²) in [5, 5.41) is 0. The Kier molecular flexibility index (Phi) is 4.82. The van der Waals surface area contributed by atoms with Crippen molar-refractivity contribution in [1.29, 1.82) is 0 Å². The van der Waals surface area contributed by atoms with Crippen molar-refractivity contribution < 1.29 is 28.0 Å². The van der Waals surface area contributed by atoms with E-state index in [-0.39, 0.29) is 26.2 Å². The predicted molar refractivity (Wildman–Crippen MR) is 80.5 cm³/mol. The van der Waals surface area contributed by atoms with Crippen LogP contribution in [0.1, 0.15) is 38.2 Å². The molecule has 22 heavy (non-hydrogen) atoms. The fourth-order valence-electron chi connectivity index (χ4n) is 2.18. The Labute approximate surface area is 135 Å². The first-order valence-corrected chi connectivity index (χ1v) is 7.16. The van der Waals surface area contributed by atoms with Crippen molar-refractivity contribution in [3.8, 4) is 0 Å². The van der Waals surface area contributed by atoms with Gasteiger partial charge in [-0.2, -0.15) is 0 Å². The number of hydrogen-bond acceptors (Lipinski definition) is 6. The zero-order chi connectivity index (χ0) is 19.4. The number of carbonyl (C=O) groups excluding carboxylic acids is 3. The summed E-state index contributed by atoms with van der Waals surface area (Å²) in [7, 11) is 1.15. The minimum Gasteiger partial charge on any atom is -0.468 e. The molecule has 0 aliphatic carbocycles. The Morgan fingerprint density at radius 1 is 1.18 bits per heavy atom. The molecular formula is C15H26N2O5. The van der Waals surface area contributed by atoms with E-state index in [0.29, 0.717) is 0 Å². The fraction of sp³-hybridized carbons (Fsp3) is 0.800. The molecule has 1 rings (SSSR count). The van der Waals surface area contributed by atoms with E-state index < -0.39 is 42.8 Å². The number of rotatable bonds is 4. The molecule has 1 atom stereocenters. The van der Waals surface area contributed by atoms with Gasteiger partial charge in [0.15, 0.2) is 11.8 Å². The number of esters is 1. The maximum atomic E-state index is 12.3. The highest BCUT2D eigenvalue weighted by Gasteiger charge is 2.36. The van der Waals surface area contributed by atoms with E-state index >= 15 is 0 Å². The second-order valence-corrected chi connectivity index (χ2v) is 6.07. The summed E-state index contributed by atoms with van der Waals surface area (Å²) >= 11 is 0. The molecule has 1 amide bonds. The summed E-state index contributed by atoms with van der Waals surface area (Å²) in [5.74, 6) is -1.50. The molecule has 126 valence electrons. The van der Waals surface area contributed by atoms with Gasteiger partial charge in [-0.05, 0) is 20.8 Å². The third-order valence-electron chi connectivity index (χ3n) is 3.23. The molecule has 0 aromatic rings. The lowest BCUT2D eigenvalue weighted by Crippen LogP contribution is -2.57. The van der Waals surface area contributed by atoms with Gasteiger partial charge in [-0.3, -0.25) is 9.69 Å². The molecule has 1 unspecified atom stereocenters. The van der Waals surface area contributed by atoms with Crippen LogP contribution in [-0.2, 0) is 19.1 Å². The van der Waals surface area contributed by atoms with E-state index in [1.807, 2.05) is 0 Å². The first kappa shape index (κ1) is 14.0. The zero-order valence-electron chi connectivity index (χ0n) is 16.5. The quantitative estimate of drug-likeness (QED) is 0.570. The van der Waals surface area contributed by atoms with Crippen molar-refractivity contribution in [3.63, 3.8) is 0 Å². The zero-order valence-corrected chi connectivity index (χ0v) is 13.5. The van der Waals surface area contributed by atoms with Gasteiger partial charge < -0.3 is 14.4 Å². The monoisotopic (exact) mass is 317 g/mol. The lowest BCUT2D eigenvalue weighted by Gasteiger charge is -2.37. The van der Waals surface area contributed by atoms with Crippen LogP contribution >= 0.6 is 0 Å². The second kappa shape index (κ2) is 7.58. The Hall–Kier alpha value is -1.63. The first-order chi connectivity index (χ1) is 11.3. The van der Waals surface area contributed by atoms with E-state index in [9.17, 15) is 14.4 Å². The van der Waals surface area contributed by atoms with Crippen molar-refractivity contribution in [2.75, 3.05) is 33.3 Å². The van der Waals surface area contributed by atoms with Gasteiger partial charge in [0.05, 0.1) is 7.11 Å². The number of ketones is 1. The number of piperazine rings is 1. The molecule has 0 saturated carbocycles. The maximum Gasteiger partial charge on any atom is 0.410 e. The summed E-state index contributed by atoms with van der Waals surface area (Å²) in [6, 6.07) is -1.27. The summed E-state index contributed by atoms with van der Waals surface area (Å²) in [5.41, 5.74) is -0.613. The molecule has 1 aliphatic rings. The van der Waals surface area contributed by atoms with Crippen molar-refractivity contribution in [3.05, 3.63) is 0 Å². The summed E-state index contributed by atoms with van der Waals surface area (Å²) < 4.78 is 31.6. The standard InChI is InChI=1S/C15H26N2O5/c1-6-11(18)12(13(19)21-5)16-7-9-17(10-8-16)14(20)22-15(2,3)4/h12H,6-10H2,1-5H3/i1D3. The topological polar surface area (TPSA) is 76.2 Å². The molecule has 0 bridgehead atoms. The number of ether oxygens (including phenoxy) is 2. The van der Waals surface area contributed by atoms with E-state index in [2.05, 4.69) is 4.74 Å². The molecule has 0 N–H and O–H groups in total. The van der Waals surface area contributed by atoms with Crippen LogP contribution in [0.3, 0.4) is 0 Å². The van der Waals surface area contributed by atoms with E-state index in [1.54, 1.807) is 25.7 Å². The minimum atomic E-state index is -2.46. The minimum absolute atomic E-state index is 0.242. The molecule has 0 spiro atoms. The molecule has 7 heteroatoms. The predicted octanol–water partition coefficient (Wildman–Crippen LogP) is 1.06. The normalized spacial score (nSPS) is 20.4. The number of hydrogen-bond donors (Lipinski definition) is 0. The summed E-state index contributed by atoms with van der Waals surface area (Å²) in [6.45, 7) is 3.86. The van der Waals surface area contributed by atoms with E-state index in [4.69, 9.17) is 8.85 Å². The average molecular weight is 317 g/mol. The summed E-state index contributed by atoms with van der Waals surface area (Å²) in [6.07, 6.45) is -1.17. The third kappa shape index (κ3) is 4.98. The smallest absolute Gasteiger partial charge is 0.410 e. The molecule has 0 aromatic heterocycles. The third-order valence-corrected chi connectivity index (χ3v) is 3.23. The number of methoxy groups -OCH3 is 1. The van der Waals surface area contributed by atoms with Crippen LogP contribution < -0.4 is 0 Å². The largest absolute Gasteiger partial charge is 0.468 e. The highest BCUT2D eigenvalue weighted by atomic mass is 16.6. The molecule has 7 nitrogen and oxygen atoms in total. The Balaban J connectivity index is 2.74. The van der Waals surface area contributed by atoms with Crippen LogP contribution in [-0.4, -0.2) is 72.6 Å². The number of Topliss-reactive ketones (excluding diaryl/α,β-unsaturated/α-hetero) is 1. The number of carbonyl (C=O) groups is 3. The van der Waals surface area contributed by atoms with Crippen LogP contribution in [0.2, 0.25) is 0 Å². The van der Waals surface area contributed by atoms with Gasteiger partial charge >= 0.3 is 12.1 Å². The Morgan fingerprint density at radius 2 is 1.77 bits per heavy atom. The molecule has 0 aromatic carbocycles. The van der Waals surface area contributed by atoms with Gasteiger partial charge in [-0.25, -0.2) is 9.59 Å². The van der Waals surface area contributed by atoms with Crippen LogP contribution in [0.15, 0.2) is 0 Å². The van der Waals surface area contributed by atoms with Gasteiger partial charge in [0.1, 0.15) is 5.60 Å². The first-order valence-electron chi connectivity index (χ1n) is 8.66. The molecule has 0 radical (unpaired) electrons. The second-order valence-electron chi connectivity index (χ2n) is 6.07. The molecule has 1 saturated heterocycles. The average Bonchev–Trinajstić information content (AvgIpc) is 2.44. The van der Waals surface area contributed by atoms with Crippen LogP contribution in [0.4, 0.5) is 4.79 Å². The molecule has 1 aliphatic heterocycles.